The molecule has 322 valence electrons. The van der Waals surface area contributed by atoms with Crippen LogP contribution in [0.3, 0.4) is 0 Å². The van der Waals surface area contributed by atoms with E-state index in [2.05, 4.69) is 39.9 Å². The molecule has 15 heteroatoms. The summed E-state index contributed by atoms with van der Waals surface area (Å²) in [6.07, 6.45) is 3.53. The van der Waals surface area contributed by atoms with Crippen LogP contribution in [0.2, 0.25) is 0 Å². The molecule has 13 nitrogen and oxygen atoms in total. The number of unbranched alkanes of at least 4 members (excludes halogenated alkanes) is 2. The number of nitrogens with one attached hydrogen (secondary N) is 2. The summed E-state index contributed by atoms with van der Waals surface area (Å²) in [6.45, 7) is 10.1. The normalized spacial score (nSPS) is 18.8. The topological polar surface area (TPSA) is 199 Å². The minimum absolute atomic E-state index is 0.0379. The van der Waals surface area contributed by atoms with Crippen molar-refractivity contribution in [2.75, 3.05) is 13.2 Å². The van der Waals surface area contributed by atoms with E-state index in [9.17, 15) is 28.7 Å². The number of amides is 4. The van der Waals surface area contributed by atoms with Gasteiger partial charge < -0.3 is 41.6 Å². The van der Waals surface area contributed by atoms with Gasteiger partial charge in [0.25, 0.3) is 5.91 Å². The summed E-state index contributed by atoms with van der Waals surface area (Å²) in [4.78, 5) is 58.0. The lowest BCUT2D eigenvalue weighted by Crippen LogP contribution is -2.59. The number of aliphatic hydroxyl groups is 1. The predicted molar refractivity (Wildman–Crippen MR) is 225 cm³/mol. The number of alkyl halides is 1. The summed E-state index contributed by atoms with van der Waals surface area (Å²) in [5.41, 5.74) is 15.3. The van der Waals surface area contributed by atoms with Crippen LogP contribution in [0, 0.1) is 12.3 Å². The largest absolute Gasteiger partial charge is 0.493 e. The summed E-state index contributed by atoms with van der Waals surface area (Å²) < 4.78 is 26.9. The van der Waals surface area contributed by atoms with E-state index >= 15 is 0 Å². The number of hydrogen-bond donors (Lipinski definition) is 5. The van der Waals surface area contributed by atoms with Crippen LogP contribution in [0.25, 0.3) is 10.4 Å². The molecule has 1 aromatic heterocycles. The second-order valence-corrected chi connectivity index (χ2v) is 18.0. The predicted octanol–water partition coefficient (Wildman–Crippen LogP) is 5.02. The molecule has 7 N–H and O–H groups in total. The highest BCUT2D eigenvalue weighted by Crippen LogP contribution is 2.40. The van der Waals surface area contributed by atoms with Crippen LogP contribution >= 0.6 is 11.3 Å². The van der Waals surface area contributed by atoms with E-state index in [0.717, 1.165) is 52.9 Å². The van der Waals surface area contributed by atoms with Gasteiger partial charge in [-0.25, -0.2) is 9.37 Å². The maximum Gasteiger partial charge on any atom is 0.258 e. The van der Waals surface area contributed by atoms with Gasteiger partial charge in [0.05, 0.1) is 41.5 Å². The molecule has 0 unspecified atom stereocenters. The van der Waals surface area contributed by atoms with Gasteiger partial charge in [-0.1, -0.05) is 57.2 Å². The zero-order valence-corrected chi connectivity index (χ0v) is 35.7. The van der Waals surface area contributed by atoms with Crippen molar-refractivity contribution in [3.63, 3.8) is 0 Å². The number of nitrogens with two attached hydrogens (primary N) is 2. The number of halogens is 1. The van der Waals surface area contributed by atoms with Gasteiger partial charge in [0.1, 0.15) is 17.8 Å². The molecule has 1 aliphatic carbocycles. The second kappa shape index (κ2) is 20.2. The molecule has 5 atom stereocenters. The molecule has 3 aromatic rings. The van der Waals surface area contributed by atoms with E-state index < -0.39 is 47.0 Å². The number of rotatable bonds is 21. The first-order chi connectivity index (χ1) is 27.9. The Morgan fingerprint density at radius 2 is 1.80 bits per heavy atom. The van der Waals surface area contributed by atoms with Crippen LogP contribution in [0.1, 0.15) is 101 Å². The van der Waals surface area contributed by atoms with E-state index in [-0.39, 0.29) is 56.8 Å². The number of ether oxygens (including phenoxy) is 2. The van der Waals surface area contributed by atoms with Crippen LogP contribution in [-0.4, -0.2) is 87.8 Å². The van der Waals surface area contributed by atoms with Crippen molar-refractivity contribution in [1.82, 2.24) is 20.5 Å². The summed E-state index contributed by atoms with van der Waals surface area (Å²) in [7, 11) is 0. The number of likely N-dealkylation sites (tertiary alicyclic amines) is 1. The number of hydrogen-bond acceptors (Lipinski definition) is 10. The third kappa shape index (κ3) is 12.8. The Labute approximate surface area is 350 Å². The van der Waals surface area contributed by atoms with Gasteiger partial charge in [-0.15, -0.1) is 11.3 Å². The van der Waals surface area contributed by atoms with Crippen LogP contribution in [0.5, 0.6) is 5.75 Å². The molecule has 2 aromatic carbocycles. The van der Waals surface area contributed by atoms with Crippen LogP contribution in [0.15, 0.2) is 48.0 Å². The Morgan fingerprint density at radius 1 is 1.08 bits per heavy atom. The Bertz CT molecular complexity index is 1910. The quantitative estimate of drug-likeness (QED) is 0.0915. The fraction of sp³-hybridized carbons (Fsp3) is 0.568. The van der Waals surface area contributed by atoms with Crippen molar-refractivity contribution in [2.45, 2.75) is 142 Å². The lowest BCUT2D eigenvalue weighted by Gasteiger charge is -2.35. The highest BCUT2D eigenvalue weighted by atomic mass is 32.1. The third-order valence-corrected chi connectivity index (χ3v) is 12.1. The van der Waals surface area contributed by atoms with Crippen molar-refractivity contribution in [1.29, 1.82) is 0 Å². The van der Waals surface area contributed by atoms with Crippen molar-refractivity contribution >= 4 is 35.0 Å². The zero-order valence-electron chi connectivity index (χ0n) is 34.9. The van der Waals surface area contributed by atoms with Gasteiger partial charge in [0, 0.05) is 37.5 Å². The summed E-state index contributed by atoms with van der Waals surface area (Å²) in [5, 5.41) is 16.1. The van der Waals surface area contributed by atoms with Crippen LogP contribution in [0.4, 0.5) is 4.39 Å². The highest BCUT2D eigenvalue weighted by molar-refractivity contribution is 7.13. The molecule has 2 heterocycles. The molecule has 59 heavy (non-hydrogen) atoms. The Kier molecular flexibility index (Phi) is 15.6. The lowest BCUT2D eigenvalue weighted by atomic mass is 9.85. The maximum absolute atomic E-state index is 14.6. The standard InChI is InChI=1S/C44H61FN6O7S/c1-27-38(59-26-49-27)31-14-15-32(23-48-40(54)35-22-33(52)24-51(35)41(55)39(43(3,4)5)50-42(56)44(45)18-19-44)36(21-31)57-20-8-6-7-9-29-10-12-30(13-11-29)25-58-28(2)34(46)16-17-37(47)53/h10-15,21,26,28,33-35,39,52H,6-9,16-20,22-25,46H2,1-5H3,(H2,47,53)(H,48,54)(H,50,56)/t28-,33-,34+,35+,39-/m1/s1. The fourth-order valence-electron chi connectivity index (χ4n) is 7.06. The van der Waals surface area contributed by atoms with Gasteiger partial charge in [-0.3, -0.25) is 19.2 Å². The number of carbonyl (C=O) groups excluding carboxylic acids is 4. The van der Waals surface area contributed by atoms with E-state index in [1.807, 2.05) is 32.0 Å². The van der Waals surface area contributed by atoms with Crippen molar-refractivity contribution in [3.05, 3.63) is 70.4 Å². The van der Waals surface area contributed by atoms with Gasteiger partial charge in [0.2, 0.25) is 17.7 Å². The van der Waals surface area contributed by atoms with Crippen LogP contribution < -0.4 is 26.8 Å². The second-order valence-electron chi connectivity index (χ2n) is 17.1. The fourth-order valence-corrected chi connectivity index (χ4v) is 7.86. The summed E-state index contributed by atoms with van der Waals surface area (Å²) >= 11 is 1.54. The van der Waals surface area contributed by atoms with Gasteiger partial charge in [0.15, 0.2) is 5.67 Å². The average molecular weight is 837 g/mol. The molecular weight excluding hydrogens is 776 g/mol. The third-order valence-electron chi connectivity index (χ3n) is 11.1. The molecule has 0 spiro atoms. The maximum atomic E-state index is 14.6. The molecule has 2 fully saturated rings. The highest BCUT2D eigenvalue weighted by Gasteiger charge is 2.53. The van der Waals surface area contributed by atoms with Crippen molar-refractivity contribution in [3.8, 4) is 16.2 Å². The number of carbonyl (C=O) groups is 4. The van der Waals surface area contributed by atoms with E-state index in [0.29, 0.717) is 25.4 Å². The average Bonchev–Trinajstić information content (AvgIpc) is 3.60. The number of primary amides is 1. The first-order valence-corrected chi connectivity index (χ1v) is 21.5. The molecule has 2 aliphatic rings. The smallest absolute Gasteiger partial charge is 0.258 e. The van der Waals surface area contributed by atoms with Gasteiger partial charge >= 0.3 is 0 Å². The molecule has 1 saturated heterocycles. The van der Waals surface area contributed by atoms with E-state index in [1.54, 1.807) is 26.3 Å². The Morgan fingerprint density at radius 3 is 2.44 bits per heavy atom. The number of thiazole rings is 1. The van der Waals surface area contributed by atoms with Crippen LogP contribution in [-0.2, 0) is 43.5 Å². The summed E-state index contributed by atoms with van der Waals surface area (Å²) in [5.74, 6) is -1.53. The number of aryl methyl sites for hydroxylation is 2. The number of benzene rings is 2. The van der Waals surface area contributed by atoms with Crippen molar-refractivity contribution < 1.29 is 38.1 Å². The SMILES string of the molecule is Cc1ncsc1-c1ccc(CNC(=O)[C@@H]2C[C@@H](O)CN2C(=O)[C@@H](NC(=O)C2(F)CC2)C(C)(C)C)c(OCCCCCc2ccc(CO[C@H](C)[C@@H](N)CCC(N)=O)cc2)c1. The summed E-state index contributed by atoms with van der Waals surface area (Å²) in [6, 6.07) is 11.9. The number of aliphatic hydroxyl groups excluding tert-OH is 1. The molecule has 1 aliphatic heterocycles. The molecule has 5 rings (SSSR count). The Balaban J connectivity index is 1.14. The minimum atomic E-state index is -1.96. The molecule has 4 amide bonds. The zero-order chi connectivity index (χ0) is 42.9. The molecule has 0 radical (unpaired) electrons. The Hall–Kier alpha value is -4.44. The van der Waals surface area contributed by atoms with Gasteiger partial charge in [-0.05, 0) is 87.0 Å². The number of nitrogens with zero attached hydrogens (tertiary/aromatic N) is 2. The van der Waals surface area contributed by atoms with Gasteiger partial charge in [-0.2, -0.15) is 0 Å². The molecule has 1 saturated carbocycles. The first-order valence-electron chi connectivity index (χ1n) is 20.6. The molecular formula is C44H61FN6O7S. The minimum Gasteiger partial charge on any atom is -0.493 e. The van der Waals surface area contributed by atoms with Crippen molar-refractivity contribution in [2.24, 2.45) is 16.9 Å². The first kappa shape index (κ1) is 45.6. The monoisotopic (exact) mass is 836 g/mol. The molecule has 0 bridgehead atoms. The number of β-amino-alcohol motifs (C(OH)–C–C–N with tert-alkyl or cyclic N) is 1. The van der Waals surface area contributed by atoms with E-state index in [1.165, 1.54) is 21.8 Å². The number of aromatic nitrogens is 1. The van der Waals surface area contributed by atoms with E-state index in [4.69, 9.17) is 20.9 Å². The lowest BCUT2D eigenvalue weighted by molar-refractivity contribution is -0.145.